The summed E-state index contributed by atoms with van der Waals surface area (Å²) in [5.74, 6) is 0.243. The first kappa shape index (κ1) is 28.9. The van der Waals surface area contributed by atoms with Crippen LogP contribution < -0.4 is 0 Å². The van der Waals surface area contributed by atoms with Crippen LogP contribution in [-0.2, 0) is 4.79 Å². The smallest absolute Gasteiger partial charge is 0.416 e. The van der Waals surface area contributed by atoms with Crippen molar-refractivity contribution in [2.24, 2.45) is 0 Å². The molecule has 194 valence electrons. The van der Waals surface area contributed by atoms with Gasteiger partial charge in [-0.15, -0.1) is 0 Å². The second kappa shape index (κ2) is 13.1. The van der Waals surface area contributed by atoms with Crippen LogP contribution in [0, 0.1) is 5.82 Å². The van der Waals surface area contributed by atoms with Crippen LogP contribution in [0.2, 0.25) is 0 Å². The third-order valence-corrected chi connectivity index (χ3v) is 6.01. The topological polar surface area (TPSA) is 33.5 Å². The highest BCUT2D eigenvalue weighted by Gasteiger charge is 2.34. The highest BCUT2D eigenvalue weighted by molar-refractivity contribution is 5.79. The van der Waals surface area contributed by atoms with Crippen LogP contribution in [0.4, 0.5) is 17.6 Å². The van der Waals surface area contributed by atoms with E-state index in [9.17, 15) is 22.4 Å². The predicted molar refractivity (Wildman–Crippen MR) is 136 cm³/mol. The Balaban J connectivity index is 0.000000255. The molecule has 2 heterocycles. The molecule has 0 N–H and O–H groups in total. The molecule has 1 aromatic heterocycles. The van der Waals surface area contributed by atoms with Gasteiger partial charge in [0.1, 0.15) is 5.82 Å². The third kappa shape index (κ3) is 8.40. The first-order valence-corrected chi connectivity index (χ1v) is 11.7. The van der Waals surface area contributed by atoms with Crippen LogP contribution >= 0.6 is 0 Å². The fourth-order valence-corrected chi connectivity index (χ4v) is 3.84. The van der Waals surface area contributed by atoms with E-state index in [0.717, 1.165) is 30.2 Å². The van der Waals surface area contributed by atoms with Crippen LogP contribution in [0.5, 0.6) is 0 Å². The van der Waals surface area contributed by atoms with Gasteiger partial charge in [0.15, 0.2) is 0 Å². The number of hydrogen-bond acceptors (Lipinski definition) is 2. The van der Waals surface area contributed by atoms with E-state index < -0.39 is 11.7 Å². The molecule has 1 fully saturated rings. The Hall–Kier alpha value is -3.35. The average molecular weight is 504 g/mol. The standard InChI is InChI=1S/C16H20FNO.C13H13F3O/c1-3-12(2)9-16(19)18-8-7-14(11-18)13-5-4-6-15(17)10-13;1-4-10(11-5-6-17-8-11)7-12(9(2)3)13(14,15)16/h3-6,10,14H,7-9,11H2,1-2H3;4-8H,2H2,1,3H3/b12-3+;10-4+,12-7+. The Bertz CT molecular complexity index is 1120. The molecule has 3 rings (SSSR count). The minimum absolute atomic E-state index is 0.0136. The molecule has 0 radical (unpaired) electrons. The molecule has 7 heteroatoms. The first-order chi connectivity index (χ1) is 17.0. The minimum Gasteiger partial charge on any atom is -0.472 e. The van der Waals surface area contributed by atoms with Gasteiger partial charge in [0.25, 0.3) is 0 Å². The summed E-state index contributed by atoms with van der Waals surface area (Å²) >= 11 is 0. The average Bonchev–Trinajstić information content (AvgIpc) is 3.52. The van der Waals surface area contributed by atoms with Crippen LogP contribution in [0.1, 0.15) is 57.6 Å². The zero-order valence-electron chi connectivity index (χ0n) is 21.2. The van der Waals surface area contributed by atoms with Crippen molar-refractivity contribution in [3.8, 4) is 0 Å². The van der Waals surface area contributed by atoms with Crippen molar-refractivity contribution in [1.29, 1.82) is 0 Å². The highest BCUT2D eigenvalue weighted by atomic mass is 19.4. The van der Waals surface area contributed by atoms with Crippen LogP contribution in [0.25, 0.3) is 5.57 Å². The number of furan rings is 1. The van der Waals surface area contributed by atoms with Crippen molar-refractivity contribution in [1.82, 2.24) is 4.90 Å². The van der Waals surface area contributed by atoms with Crippen molar-refractivity contribution in [2.75, 3.05) is 13.1 Å². The largest absolute Gasteiger partial charge is 0.472 e. The molecule has 0 bridgehead atoms. The summed E-state index contributed by atoms with van der Waals surface area (Å²) in [4.78, 5) is 14.0. The molecule has 1 aromatic carbocycles. The molecule has 1 aliphatic rings. The molecule has 1 amide bonds. The molecule has 1 unspecified atom stereocenters. The quantitative estimate of drug-likeness (QED) is 0.226. The molecule has 0 saturated carbocycles. The lowest BCUT2D eigenvalue weighted by Crippen LogP contribution is -2.28. The maximum Gasteiger partial charge on any atom is 0.416 e. The maximum atomic E-state index is 13.2. The van der Waals surface area contributed by atoms with Gasteiger partial charge in [0, 0.05) is 31.0 Å². The monoisotopic (exact) mass is 503 g/mol. The summed E-state index contributed by atoms with van der Waals surface area (Å²) in [5, 5.41) is 0. The van der Waals surface area contributed by atoms with E-state index in [1.807, 2.05) is 30.9 Å². The Labute approximate surface area is 210 Å². The Morgan fingerprint density at radius 1 is 1.19 bits per heavy atom. The van der Waals surface area contributed by atoms with Crippen LogP contribution in [0.15, 0.2) is 88.8 Å². The van der Waals surface area contributed by atoms with Gasteiger partial charge in [-0.05, 0) is 75.1 Å². The van der Waals surface area contributed by atoms with Crippen molar-refractivity contribution < 1.29 is 26.8 Å². The molecule has 2 aromatic rings. The number of allylic oxidation sites excluding steroid dienone is 6. The minimum atomic E-state index is -4.40. The van der Waals surface area contributed by atoms with Gasteiger partial charge in [-0.25, -0.2) is 4.39 Å². The summed E-state index contributed by atoms with van der Waals surface area (Å²) in [5.41, 5.74) is 2.41. The summed E-state index contributed by atoms with van der Waals surface area (Å²) in [6.45, 7) is 11.8. The van der Waals surface area contributed by atoms with E-state index >= 15 is 0 Å². The second-order valence-corrected chi connectivity index (χ2v) is 8.78. The summed E-state index contributed by atoms with van der Waals surface area (Å²) < 4.78 is 56.2. The Morgan fingerprint density at radius 3 is 2.44 bits per heavy atom. The maximum absolute atomic E-state index is 13.2. The number of halogens is 4. The van der Waals surface area contributed by atoms with Crippen molar-refractivity contribution >= 4 is 11.5 Å². The van der Waals surface area contributed by atoms with E-state index in [-0.39, 0.29) is 23.2 Å². The third-order valence-electron chi connectivity index (χ3n) is 6.01. The van der Waals surface area contributed by atoms with Crippen molar-refractivity contribution in [2.45, 2.75) is 52.6 Å². The Kier molecular flexibility index (Phi) is 10.5. The number of likely N-dealkylation sites (tertiary alicyclic amines) is 1. The van der Waals surface area contributed by atoms with E-state index in [1.165, 1.54) is 25.5 Å². The molecule has 1 aliphatic heterocycles. The van der Waals surface area contributed by atoms with Crippen molar-refractivity contribution in [3.63, 3.8) is 0 Å². The first-order valence-electron chi connectivity index (χ1n) is 11.7. The van der Waals surface area contributed by atoms with Gasteiger partial charge in [-0.3, -0.25) is 4.79 Å². The number of hydrogen-bond donors (Lipinski definition) is 0. The van der Waals surface area contributed by atoms with Gasteiger partial charge in [0.05, 0.1) is 18.1 Å². The fourth-order valence-electron chi connectivity index (χ4n) is 3.84. The van der Waals surface area contributed by atoms with Crippen molar-refractivity contribution in [3.05, 3.63) is 101 Å². The number of carbonyl (C=O) groups excluding carboxylic acids is 1. The zero-order chi connectivity index (χ0) is 26.9. The normalized spacial score (nSPS) is 17.1. The molecule has 0 aliphatic carbocycles. The molecule has 1 saturated heterocycles. The summed E-state index contributed by atoms with van der Waals surface area (Å²) in [7, 11) is 0. The SMILES string of the molecule is C/C=C(\C)CC(=O)N1CCC(c2cccc(F)c2)C1.C=C(C)/C(=C\C(=C/C)c1ccoc1)C(F)(F)F. The predicted octanol–water partition coefficient (Wildman–Crippen LogP) is 8.25. The molecule has 3 nitrogen and oxygen atoms in total. The van der Waals surface area contributed by atoms with Gasteiger partial charge < -0.3 is 9.32 Å². The van der Waals surface area contributed by atoms with E-state index in [4.69, 9.17) is 4.42 Å². The van der Waals surface area contributed by atoms with Gasteiger partial charge in [0.2, 0.25) is 5.91 Å². The van der Waals surface area contributed by atoms with E-state index in [0.29, 0.717) is 24.1 Å². The summed E-state index contributed by atoms with van der Waals surface area (Å²) in [6.07, 6.45) is 4.48. The molecule has 0 spiro atoms. The number of rotatable bonds is 6. The number of benzene rings is 1. The van der Waals surface area contributed by atoms with Crippen LogP contribution in [0.3, 0.4) is 0 Å². The highest BCUT2D eigenvalue weighted by Crippen LogP contribution is 2.33. The lowest BCUT2D eigenvalue weighted by molar-refractivity contribution is -0.129. The molecular formula is C29H33F4NO2. The lowest BCUT2D eigenvalue weighted by atomic mass is 9.98. The number of nitrogens with zero attached hydrogens (tertiary/aromatic N) is 1. The molecule has 1 atom stereocenters. The molecular weight excluding hydrogens is 470 g/mol. The zero-order valence-corrected chi connectivity index (χ0v) is 21.2. The summed E-state index contributed by atoms with van der Waals surface area (Å²) in [6, 6.07) is 8.32. The number of carbonyl (C=O) groups is 1. The van der Waals surface area contributed by atoms with Gasteiger partial charge in [-0.1, -0.05) is 36.4 Å². The lowest BCUT2D eigenvalue weighted by Gasteiger charge is -2.17. The van der Waals surface area contributed by atoms with Crippen LogP contribution in [-0.4, -0.2) is 30.1 Å². The number of amides is 1. The van der Waals surface area contributed by atoms with Gasteiger partial charge >= 0.3 is 6.18 Å². The fraction of sp³-hybridized carbons (Fsp3) is 0.345. The van der Waals surface area contributed by atoms with E-state index in [1.54, 1.807) is 31.2 Å². The number of alkyl halides is 3. The second-order valence-electron chi connectivity index (χ2n) is 8.78. The van der Waals surface area contributed by atoms with E-state index in [2.05, 4.69) is 6.58 Å². The van der Waals surface area contributed by atoms with Gasteiger partial charge in [-0.2, -0.15) is 13.2 Å². The Morgan fingerprint density at radius 2 is 1.92 bits per heavy atom. The molecule has 36 heavy (non-hydrogen) atoms.